The van der Waals surface area contributed by atoms with Crippen molar-refractivity contribution < 1.29 is 23.9 Å². The van der Waals surface area contributed by atoms with Crippen molar-refractivity contribution in [2.75, 3.05) is 24.9 Å². The highest BCUT2D eigenvalue weighted by Gasteiger charge is 2.14. The maximum atomic E-state index is 12.7. The number of rotatable bonds is 6. The smallest absolute Gasteiger partial charge is 0.354 e. The maximum absolute atomic E-state index is 12.7. The lowest BCUT2D eigenvalue weighted by Crippen LogP contribution is -2.17. The molecule has 0 aliphatic rings. The number of amides is 1. The highest BCUT2D eigenvalue weighted by atomic mass is 16.5. The number of anilines is 2. The normalized spacial score (nSPS) is 10.8. The number of benzene rings is 2. The molecule has 2 aromatic carbocycles. The number of nitrogens with one attached hydrogen (secondary N) is 2. The van der Waals surface area contributed by atoms with Crippen molar-refractivity contribution in [3.63, 3.8) is 0 Å². The minimum absolute atomic E-state index is 0.110. The molecule has 0 bridgehead atoms. The monoisotopic (exact) mass is 382 g/mol. The van der Waals surface area contributed by atoms with Crippen LogP contribution in [0.1, 0.15) is 21.5 Å². The molecule has 0 aliphatic heterocycles. The lowest BCUT2D eigenvalue weighted by Gasteiger charge is -2.13. The van der Waals surface area contributed by atoms with Gasteiger partial charge in [0.1, 0.15) is 5.70 Å². The summed E-state index contributed by atoms with van der Waals surface area (Å²) in [6.07, 6.45) is 0.981. The molecule has 0 radical (unpaired) electrons. The molecule has 2 aromatic rings. The van der Waals surface area contributed by atoms with Gasteiger partial charge in [0.15, 0.2) is 0 Å². The number of aryl methyl sites for hydroxylation is 2. The summed E-state index contributed by atoms with van der Waals surface area (Å²) in [6.45, 7) is 3.83. The van der Waals surface area contributed by atoms with Gasteiger partial charge in [0.05, 0.1) is 20.3 Å². The van der Waals surface area contributed by atoms with Gasteiger partial charge >= 0.3 is 11.9 Å². The van der Waals surface area contributed by atoms with Crippen molar-refractivity contribution in [2.24, 2.45) is 0 Å². The Morgan fingerprint density at radius 2 is 1.54 bits per heavy atom. The Morgan fingerprint density at radius 3 is 2.14 bits per heavy atom. The van der Waals surface area contributed by atoms with Gasteiger partial charge in [0, 0.05) is 16.9 Å². The predicted octanol–water partition coefficient (Wildman–Crippen LogP) is 3.20. The minimum atomic E-state index is -0.740. The van der Waals surface area contributed by atoms with Crippen LogP contribution in [-0.2, 0) is 19.1 Å². The van der Waals surface area contributed by atoms with Crippen LogP contribution in [0.25, 0.3) is 0 Å². The Morgan fingerprint density at radius 1 is 0.893 bits per heavy atom. The number of carbonyl (C=O) groups excluding carboxylic acids is 3. The summed E-state index contributed by atoms with van der Waals surface area (Å²) in [6, 6.07) is 12.3. The highest BCUT2D eigenvalue weighted by Crippen LogP contribution is 2.21. The average Bonchev–Trinajstić information content (AvgIpc) is 2.69. The first-order valence-electron chi connectivity index (χ1n) is 8.48. The van der Waals surface area contributed by atoms with Crippen molar-refractivity contribution in [1.82, 2.24) is 0 Å². The van der Waals surface area contributed by atoms with Crippen LogP contribution in [0.5, 0.6) is 0 Å². The zero-order chi connectivity index (χ0) is 20.7. The summed E-state index contributed by atoms with van der Waals surface area (Å²) in [5.74, 6) is -1.75. The first-order valence-corrected chi connectivity index (χ1v) is 8.48. The molecular formula is C21H22N2O5. The molecule has 1 amide bonds. The number of carbonyl (C=O) groups is 3. The van der Waals surface area contributed by atoms with Crippen LogP contribution in [0.3, 0.4) is 0 Å². The summed E-state index contributed by atoms with van der Waals surface area (Å²) in [4.78, 5) is 36.0. The molecule has 7 nitrogen and oxygen atoms in total. The fourth-order valence-corrected chi connectivity index (χ4v) is 2.52. The highest BCUT2D eigenvalue weighted by molar-refractivity contribution is 6.06. The van der Waals surface area contributed by atoms with E-state index in [1.165, 1.54) is 14.2 Å². The van der Waals surface area contributed by atoms with Crippen molar-refractivity contribution in [3.05, 3.63) is 70.9 Å². The Hall–Kier alpha value is -3.61. The van der Waals surface area contributed by atoms with E-state index in [9.17, 15) is 14.4 Å². The van der Waals surface area contributed by atoms with Crippen molar-refractivity contribution >= 4 is 29.2 Å². The van der Waals surface area contributed by atoms with Gasteiger partial charge in [0.2, 0.25) is 0 Å². The number of esters is 2. The molecule has 0 aliphatic carbocycles. The first kappa shape index (κ1) is 20.7. The molecule has 28 heavy (non-hydrogen) atoms. The van der Waals surface area contributed by atoms with Crippen molar-refractivity contribution in [1.29, 1.82) is 0 Å². The van der Waals surface area contributed by atoms with Crippen molar-refractivity contribution in [3.8, 4) is 0 Å². The summed E-state index contributed by atoms with van der Waals surface area (Å²) in [7, 11) is 2.40. The standard InChI is InChI=1S/C21H22N2O5/c1-13-7-5-8-14(2)19(13)23-20(25)15-9-6-10-16(11-15)22-17(21(26)28-4)12-18(24)27-3/h5-12,22H,1-4H3,(H,23,25)/b17-12+. The largest absolute Gasteiger partial charge is 0.466 e. The van der Waals surface area contributed by atoms with Gasteiger partial charge in [-0.25, -0.2) is 9.59 Å². The molecule has 146 valence electrons. The van der Waals surface area contributed by atoms with E-state index in [1.807, 2.05) is 32.0 Å². The molecule has 0 spiro atoms. The molecule has 0 heterocycles. The van der Waals surface area contributed by atoms with E-state index in [1.54, 1.807) is 24.3 Å². The fourth-order valence-electron chi connectivity index (χ4n) is 2.52. The third-order valence-corrected chi connectivity index (χ3v) is 3.99. The lowest BCUT2D eigenvalue weighted by atomic mass is 10.1. The SMILES string of the molecule is COC(=O)/C=C(/Nc1cccc(C(=O)Nc2c(C)cccc2C)c1)C(=O)OC. The van der Waals surface area contributed by atoms with Crippen LogP contribution in [0.4, 0.5) is 11.4 Å². The molecule has 0 atom stereocenters. The topological polar surface area (TPSA) is 93.7 Å². The minimum Gasteiger partial charge on any atom is -0.466 e. The van der Waals surface area contributed by atoms with Crippen LogP contribution in [-0.4, -0.2) is 32.1 Å². The molecule has 0 fully saturated rings. The van der Waals surface area contributed by atoms with Crippen LogP contribution >= 0.6 is 0 Å². The zero-order valence-electron chi connectivity index (χ0n) is 16.2. The van der Waals surface area contributed by atoms with E-state index in [0.29, 0.717) is 11.3 Å². The van der Waals surface area contributed by atoms with E-state index >= 15 is 0 Å². The van der Waals surface area contributed by atoms with Crippen molar-refractivity contribution in [2.45, 2.75) is 13.8 Å². The number of hydrogen-bond acceptors (Lipinski definition) is 6. The maximum Gasteiger partial charge on any atom is 0.354 e. The summed E-state index contributed by atoms with van der Waals surface area (Å²) in [5.41, 5.74) is 3.38. The Kier molecular flexibility index (Phi) is 6.92. The van der Waals surface area contributed by atoms with Gasteiger partial charge < -0.3 is 20.1 Å². The number of methoxy groups -OCH3 is 2. The van der Waals surface area contributed by atoms with E-state index < -0.39 is 11.9 Å². The molecule has 0 saturated carbocycles. The molecule has 7 heteroatoms. The number of ether oxygens (including phenoxy) is 2. The molecule has 0 unspecified atom stereocenters. The van der Waals surface area contributed by atoms with E-state index in [0.717, 1.165) is 22.9 Å². The zero-order valence-corrected chi connectivity index (χ0v) is 16.2. The second-order valence-electron chi connectivity index (χ2n) is 6.00. The number of hydrogen-bond donors (Lipinski definition) is 2. The second-order valence-corrected chi connectivity index (χ2v) is 6.00. The Bertz CT molecular complexity index is 914. The molecule has 0 aromatic heterocycles. The summed E-state index contributed by atoms with van der Waals surface area (Å²) < 4.78 is 9.19. The first-order chi connectivity index (χ1) is 13.3. The van der Waals surface area contributed by atoms with Gasteiger partial charge in [0.25, 0.3) is 5.91 Å². The molecule has 2 N–H and O–H groups in total. The van der Waals surface area contributed by atoms with Crippen LogP contribution in [0.15, 0.2) is 54.2 Å². The molecule has 0 saturated heterocycles. The number of para-hydroxylation sites is 1. The Balaban J connectivity index is 2.25. The third kappa shape index (κ3) is 5.20. The molecular weight excluding hydrogens is 360 g/mol. The van der Waals surface area contributed by atoms with Gasteiger partial charge in [-0.05, 0) is 43.2 Å². The predicted molar refractivity (Wildman–Crippen MR) is 106 cm³/mol. The third-order valence-electron chi connectivity index (χ3n) is 3.99. The second kappa shape index (κ2) is 9.36. The average molecular weight is 382 g/mol. The van der Waals surface area contributed by atoms with Crippen LogP contribution in [0, 0.1) is 13.8 Å². The Labute approximate surface area is 163 Å². The van der Waals surface area contributed by atoms with Crippen LogP contribution < -0.4 is 10.6 Å². The quantitative estimate of drug-likeness (QED) is 0.589. The van der Waals surface area contributed by atoms with Gasteiger partial charge in [-0.3, -0.25) is 4.79 Å². The van der Waals surface area contributed by atoms with Gasteiger partial charge in [-0.1, -0.05) is 24.3 Å². The van der Waals surface area contributed by atoms with E-state index in [-0.39, 0.29) is 11.6 Å². The summed E-state index contributed by atoms with van der Waals surface area (Å²) >= 11 is 0. The molecule has 2 rings (SSSR count). The van der Waals surface area contributed by atoms with E-state index in [4.69, 9.17) is 0 Å². The lowest BCUT2D eigenvalue weighted by molar-refractivity contribution is -0.138. The van der Waals surface area contributed by atoms with Gasteiger partial charge in [-0.15, -0.1) is 0 Å². The van der Waals surface area contributed by atoms with Gasteiger partial charge in [-0.2, -0.15) is 0 Å². The fraction of sp³-hybridized carbons (Fsp3) is 0.190. The van der Waals surface area contributed by atoms with E-state index in [2.05, 4.69) is 20.1 Å². The summed E-state index contributed by atoms with van der Waals surface area (Å²) in [5, 5.41) is 5.69. The van der Waals surface area contributed by atoms with Crippen LogP contribution in [0.2, 0.25) is 0 Å².